The summed E-state index contributed by atoms with van der Waals surface area (Å²) in [7, 11) is -1.67. The Bertz CT molecular complexity index is 838. The molecule has 2 rings (SSSR count). The average molecular weight is 432 g/mol. The lowest BCUT2D eigenvalue weighted by atomic mass is 9.86. The summed E-state index contributed by atoms with van der Waals surface area (Å²) in [5.41, 5.74) is 0.435. The van der Waals surface area contributed by atoms with E-state index < -0.39 is 24.9 Å². The lowest BCUT2D eigenvalue weighted by molar-refractivity contribution is 0.0514. The number of amides is 2. The van der Waals surface area contributed by atoms with Crippen molar-refractivity contribution in [3.63, 3.8) is 0 Å². The second-order valence-corrected chi connectivity index (χ2v) is 7.81. The van der Waals surface area contributed by atoms with Gasteiger partial charge in [0.05, 0.1) is 12.1 Å². The van der Waals surface area contributed by atoms with Gasteiger partial charge in [0.1, 0.15) is 12.2 Å². The molecule has 2 amide bonds. The molecule has 0 aliphatic carbocycles. The number of alkyl carbamates (subject to hydrolysis) is 1. The zero-order valence-corrected chi connectivity index (χ0v) is 18.0. The van der Waals surface area contributed by atoms with Gasteiger partial charge in [-0.05, 0) is 32.4 Å². The van der Waals surface area contributed by atoms with Gasteiger partial charge in [-0.1, -0.05) is 30.3 Å². The van der Waals surface area contributed by atoms with Crippen molar-refractivity contribution in [2.24, 2.45) is 0 Å². The number of hydrogen-bond acceptors (Lipinski definition) is 7. The molecule has 10 nitrogen and oxygen atoms in total. The van der Waals surface area contributed by atoms with E-state index in [-0.39, 0.29) is 38.4 Å². The second-order valence-electron chi connectivity index (χ2n) is 7.81. The molecule has 3 N–H and O–H groups in total. The minimum absolute atomic E-state index is 0.109. The highest BCUT2D eigenvalue weighted by atomic mass is 16.6. The van der Waals surface area contributed by atoms with E-state index in [0.717, 1.165) is 5.56 Å². The monoisotopic (exact) mass is 432 g/mol. The number of benzene rings is 1. The molecule has 168 valence electrons. The molecule has 0 fully saturated rings. The highest BCUT2D eigenvalue weighted by Crippen LogP contribution is 2.07. The predicted molar refractivity (Wildman–Crippen MR) is 114 cm³/mol. The fourth-order valence-corrected chi connectivity index (χ4v) is 2.68. The first-order valence-electron chi connectivity index (χ1n) is 9.96. The van der Waals surface area contributed by atoms with Gasteiger partial charge in [-0.25, -0.2) is 9.59 Å². The van der Waals surface area contributed by atoms with E-state index in [1.165, 1.54) is 21.8 Å². The van der Waals surface area contributed by atoms with Crippen molar-refractivity contribution in [2.75, 3.05) is 19.6 Å². The van der Waals surface area contributed by atoms with Crippen LogP contribution in [0.2, 0.25) is 0 Å². The van der Waals surface area contributed by atoms with Crippen LogP contribution in [-0.2, 0) is 22.6 Å². The zero-order chi connectivity index (χ0) is 22.9. The Balaban J connectivity index is 1.95. The molecule has 1 heterocycles. The Morgan fingerprint density at radius 3 is 2.52 bits per heavy atom. The molecule has 0 bridgehead atoms. The summed E-state index contributed by atoms with van der Waals surface area (Å²) < 4.78 is 12.0. The van der Waals surface area contributed by atoms with E-state index >= 15 is 0 Å². The Hall–Kier alpha value is -3.05. The third-order valence-electron chi connectivity index (χ3n) is 4.11. The van der Waals surface area contributed by atoms with Crippen LogP contribution in [-0.4, -0.2) is 69.3 Å². The molecule has 0 spiro atoms. The maximum atomic E-state index is 12.6. The summed E-state index contributed by atoms with van der Waals surface area (Å²) in [6, 6.07) is 10.8. The number of nitrogens with one attached hydrogen (secondary N) is 1. The van der Waals surface area contributed by atoms with Gasteiger partial charge in [0.15, 0.2) is 0 Å². The molecule has 2 aromatic rings. The van der Waals surface area contributed by atoms with Crippen LogP contribution < -0.4 is 10.9 Å². The smallest absolute Gasteiger partial charge is 0.445 e. The van der Waals surface area contributed by atoms with E-state index in [0.29, 0.717) is 0 Å². The fraction of sp³-hybridized carbons (Fsp3) is 0.450. The number of rotatable bonds is 9. The van der Waals surface area contributed by atoms with Crippen LogP contribution in [0.15, 0.2) is 42.6 Å². The minimum atomic E-state index is -1.67. The molecule has 1 aromatic heterocycles. The molecule has 0 aliphatic rings. The number of aromatic nitrogens is 2. The highest BCUT2D eigenvalue weighted by Gasteiger charge is 2.21. The molecule has 31 heavy (non-hydrogen) atoms. The van der Waals surface area contributed by atoms with Gasteiger partial charge in [-0.3, -0.25) is 4.68 Å². The summed E-state index contributed by atoms with van der Waals surface area (Å²) in [5, 5.41) is 25.5. The van der Waals surface area contributed by atoms with Crippen LogP contribution >= 0.6 is 0 Å². The number of ether oxygens (including phenoxy) is 2. The maximum absolute atomic E-state index is 12.6. The SMILES string of the molecule is CC(C)(C)OC(=O)NCCN(CCn1nccc1B(O)O)C(=O)OCc1ccccc1. The normalized spacial score (nSPS) is 11.0. The Labute approximate surface area is 181 Å². The first-order chi connectivity index (χ1) is 14.7. The number of hydrogen-bond donors (Lipinski definition) is 3. The highest BCUT2D eigenvalue weighted by molar-refractivity contribution is 6.57. The maximum Gasteiger partial charge on any atom is 0.507 e. The lowest BCUT2D eigenvalue weighted by Gasteiger charge is -2.24. The number of carbonyl (C=O) groups is 2. The zero-order valence-electron chi connectivity index (χ0n) is 18.0. The molecule has 0 unspecified atom stereocenters. The summed E-state index contributed by atoms with van der Waals surface area (Å²) in [6.07, 6.45) is 0.299. The van der Waals surface area contributed by atoms with Crippen molar-refractivity contribution in [2.45, 2.75) is 39.5 Å². The average Bonchev–Trinajstić information content (AvgIpc) is 3.17. The van der Waals surface area contributed by atoms with Gasteiger partial charge in [0.25, 0.3) is 0 Å². The molecule has 0 saturated carbocycles. The second kappa shape index (κ2) is 11.4. The lowest BCUT2D eigenvalue weighted by Crippen LogP contribution is -2.43. The molecule has 1 aromatic carbocycles. The van der Waals surface area contributed by atoms with E-state index in [1.807, 2.05) is 30.3 Å². The van der Waals surface area contributed by atoms with Gasteiger partial charge in [0, 0.05) is 25.8 Å². The van der Waals surface area contributed by atoms with E-state index in [4.69, 9.17) is 9.47 Å². The first kappa shape index (κ1) is 24.2. The topological polar surface area (TPSA) is 126 Å². The number of carbonyl (C=O) groups excluding carboxylic acids is 2. The van der Waals surface area contributed by atoms with Gasteiger partial charge in [-0.15, -0.1) is 0 Å². The Morgan fingerprint density at radius 1 is 1.16 bits per heavy atom. The fourth-order valence-electron chi connectivity index (χ4n) is 2.68. The summed E-state index contributed by atoms with van der Waals surface area (Å²) in [4.78, 5) is 25.9. The first-order valence-corrected chi connectivity index (χ1v) is 9.96. The van der Waals surface area contributed by atoms with Crippen LogP contribution in [0, 0.1) is 0 Å². The molecule has 11 heteroatoms. The van der Waals surface area contributed by atoms with Crippen molar-refractivity contribution in [3.05, 3.63) is 48.2 Å². The minimum Gasteiger partial charge on any atom is -0.445 e. The molecule has 0 atom stereocenters. The third kappa shape index (κ3) is 8.69. The summed E-state index contributed by atoms with van der Waals surface area (Å²) in [6.45, 7) is 6.12. The van der Waals surface area contributed by atoms with Crippen LogP contribution in [0.4, 0.5) is 9.59 Å². The van der Waals surface area contributed by atoms with Crippen LogP contribution in [0.5, 0.6) is 0 Å². The molecule has 0 aliphatic heterocycles. The predicted octanol–water partition coefficient (Wildman–Crippen LogP) is 0.726. The largest absolute Gasteiger partial charge is 0.507 e. The van der Waals surface area contributed by atoms with Crippen molar-refractivity contribution in [3.8, 4) is 0 Å². The molecule has 0 radical (unpaired) electrons. The Morgan fingerprint density at radius 2 is 1.87 bits per heavy atom. The van der Waals surface area contributed by atoms with Gasteiger partial charge < -0.3 is 29.7 Å². The summed E-state index contributed by atoms with van der Waals surface area (Å²) in [5.74, 6) is 0. The van der Waals surface area contributed by atoms with Gasteiger partial charge in [-0.2, -0.15) is 5.10 Å². The Kier molecular flexibility index (Phi) is 8.89. The molecule has 0 saturated heterocycles. The van der Waals surface area contributed by atoms with Crippen LogP contribution in [0.1, 0.15) is 26.3 Å². The van der Waals surface area contributed by atoms with Crippen molar-refractivity contribution >= 4 is 24.9 Å². The molecular formula is C20H29BN4O6. The van der Waals surface area contributed by atoms with E-state index in [1.54, 1.807) is 20.8 Å². The van der Waals surface area contributed by atoms with Gasteiger partial charge in [0.2, 0.25) is 0 Å². The van der Waals surface area contributed by atoms with E-state index in [9.17, 15) is 19.6 Å². The summed E-state index contributed by atoms with van der Waals surface area (Å²) >= 11 is 0. The van der Waals surface area contributed by atoms with Gasteiger partial charge >= 0.3 is 19.3 Å². The van der Waals surface area contributed by atoms with Crippen molar-refractivity contribution in [1.82, 2.24) is 20.0 Å². The van der Waals surface area contributed by atoms with Crippen LogP contribution in [0.3, 0.4) is 0 Å². The molecular weight excluding hydrogens is 403 g/mol. The van der Waals surface area contributed by atoms with Crippen molar-refractivity contribution in [1.29, 1.82) is 0 Å². The number of nitrogens with zero attached hydrogens (tertiary/aromatic N) is 3. The third-order valence-corrected chi connectivity index (χ3v) is 4.11. The standard InChI is InChI=1S/C20H29BN4O6/c1-20(2,3)31-18(26)22-11-12-24(13-14-25-17(21(28)29)9-10-23-25)19(27)30-15-16-7-5-4-6-8-16/h4-10,28-29H,11-15H2,1-3H3,(H,22,26). The van der Waals surface area contributed by atoms with Crippen LogP contribution in [0.25, 0.3) is 0 Å². The quantitative estimate of drug-likeness (QED) is 0.499. The van der Waals surface area contributed by atoms with E-state index in [2.05, 4.69) is 10.4 Å². The van der Waals surface area contributed by atoms with Crippen molar-refractivity contribution < 1.29 is 29.1 Å².